The minimum Gasteiger partial charge on any atom is -0.504 e. The Morgan fingerprint density at radius 1 is 1.36 bits per heavy atom. The van der Waals surface area contributed by atoms with E-state index < -0.39 is 11.7 Å². The molecule has 0 bridgehead atoms. The van der Waals surface area contributed by atoms with Crippen LogP contribution in [0.2, 0.25) is 0 Å². The lowest BCUT2D eigenvalue weighted by Crippen LogP contribution is -2.12. The summed E-state index contributed by atoms with van der Waals surface area (Å²) in [4.78, 5) is 22.2. The minimum absolute atomic E-state index is 0.110. The van der Waals surface area contributed by atoms with Gasteiger partial charge in [0.1, 0.15) is 0 Å². The minimum atomic E-state index is -0.687. The number of Topliss-reactive ketones (excluding diaryl/α,β-unsaturated/α-hetero) is 1. The van der Waals surface area contributed by atoms with E-state index in [9.17, 15) is 14.7 Å². The van der Waals surface area contributed by atoms with E-state index in [4.69, 9.17) is 4.74 Å². The lowest BCUT2D eigenvalue weighted by molar-refractivity contribution is -0.112. The standard InChI is InChI=1S/C9H7NO4/c1-14-7-2-4-5(3-6(7)11)10-9(13)8(4)12/h2-3,11H,1H3,(H,10,12,13). The summed E-state index contributed by atoms with van der Waals surface area (Å²) in [5.74, 6) is -1.24. The Hall–Kier alpha value is -2.04. The first-order valence-corrected chi connectivity index (χ1v) is 3.90. The maximum absolute atomic E-state index is 11.2. The Bertz CT molecular complexity index is 439. The van der Waals surface area contributed by atoms with Crippen molar-refractivity contribution in [2.75, 3.05) is 12.4 Å². The van der Waals surface area contributed by atoms with Gasteiger partial charge in [0.2, 0.25) is 0 Å². The molecular weight excluding hydrogens is 186 g/mol. The quantitative estimate of drug-likeness (QED) is 0.638. The molecule has 2 rings (SSSR count). The highest BCUT2D eigenvalue weighted by molar-refractivity contribution is 6.51. The summed E-state index contributed by atoms with van der Waals surface area (Å²) < 4.78 is 4.81. The second-order valence-electron chi connectivity index (χ2n) is 2.85. The molecule has 0 aliphatic carbocycles. The van der Waals surface area contributed by atoms with E-state index in [1.54, 1.807) is 0 Å². The van der Waals surface area contributed by atoms with Crippen LogP contribution in [0.4, 0.5) is 5.69 Å². The Morgan fingerprint density at radius 2 is 2.07 bits per heavy atom. The van der Waals surface area contributed by atoms with Crippen LogP contribution in [-0.2, 0) is 4.79 Å². The molecule has 0 radical (unpaired) electrons. The first-order chi connectivity index (χ1) is 6.63. The van der Waals surface area contributed by atoms with Gasteiger partial charge >= 0.3 is 0 Å². The van der Waals surface area contributed by atoms with Gasteiger partial charge < -0.3 is 15.2 Å². The topological polar surface area (TPSA) is 75.6 Å². The van der Waals surface area contributed by atoms with Gasteiger partial charge in [-0.2, -0.15) is 0 Å². The summed E-state index contributed by atoms with van der Waals surface area (Å²) in [6.45, 7) is 0. The van der Waals surface area contributed by atoms with Crippen LogP contribution in [0.25, 0.3) is 0 Å². The smallest absolute Gasteiger partial charge is 0.296 e. The highest BCUT2D eigenvalue weighted by atomic mass is 16.5. The number of ether oxygens (including phenoxy) is 1. The van der Waals surface area contributed by atoms with Gasteiger partial charge in [0.05, 0.1) is 18.4 Å². The van der Waals surface area contributed by atoms with Gasteiger partial charge in [0.25, 0.3) is 11.7 Å². The van der Waals surface area contributed by atoms with Crippen molar-refractivity contribution in [3.63, 3.8) is 0 Å². The number of carbonyl (C=O) groups excluding carboxylic acids is 2. The number of phenolic OH excluding ortho intramolecular Hbond substituents is 1. The normalized spacial score (nSPS) is 13.8. The molecule has 1 aromatic carbocycles. The van der Waals surface area contributed by atoms with Crippen molar-refractivity contribution >= 4 is 17.4 Å². The average molecular weight is 193 g/mol. The molecule has 1 heterocycles. The molecular formula is C9H7NO4. The number of amides is 1. The zero-order chi connectivity index (χ0) is 10.3. The van der Waals surface area contributed by atoms with E-state index in [0.29, 0.717) is 5.69 Å². The van der Waals surface area contributed by atoms with Crippen molar-refractivity contribution in [3.8, 4) is 11.5 Å². The van der Waals surface area contributed by atoms with Gasteiger partial charge in [-0.25, -0.2) is 0 Å². The number of fused-ring (bicyclic) bond motifs is 1. The van der Waals surface area contributed by atoms with Gasteiger partial charge in [0.15, 0.2) is 11.5 Å². The lowest BCUT2D eigenvalue weighted by atomic mass is 10.1. The summed E-state index contributed by atoms with van der Waals surface area (Å²) in [7, 11) is 1.37. The third-order valence-corrected chi connectivity index (χ3v) is 2.02. The Kier molecular flexibility index (Phi) is 1.67. The maximum atomic E-state index is 11.2. The van der Waals surface area contributed by atoms with E-state index in [1.165, 1.54) is 19.2 Å². The van der Waals surface area contributed by atoms with Gasteiger partial charge in [-0.1, -0.05) is 0 Å². The van der Waals surface area contributed by atoms with Gasteiger partial charge in [-0.15, -0.1) is 0 Å². The zero-order valence-electron chi connectivity index (χ0n) is 7.33. The van der Waals surface area contributed by atoms with Crippen LogP contribution in [-0.4, -0.2) is 23.9 Å². The molecule has 72 valence electrons. The van der Waals surface area contributed by atoms with E-state index >= 15 is 0 Å². The molecule has 14 heavy (non-hydrogen) atoms. The molecule has 0 saturated heterocycles. The number of methoxy groups -OCH3 is 1. The van der Waals surface area contributed by atoms with Crippen molar-refractivity contribution in [2.24, 2.45) is 0 Å². The molecule has 1 aromatic rings. The van der Waals surface area contributed by atoms with Gasteiger partial charge in [0, 0.05) is 6.07 Å². The number of benzene rings is 1. The molecule has 0 atom stereocenters. The molecule has 1 aliphatic heterocycles. The SMILES string of the molecule is COc1cc2c(cc1O)NC(=O)C2=O. The second kappa shape index (κ2) is 2.73. The Balaban J connectivity index is 2.60. The zero-order valence-corrected chi connectivity index (χ0v) is 7.33. The molecule has 1 amide bonds. The van der Waals surface area contributed by atoms with Crippen molar-refractivity contribution in [1.29, 1.82) is 0 Å². The number of ketones is 1. The third kappa shape index (κ3) is 1.02. The van der Waals surface area contributed by atoms with Crippen molar-refractivity contribution < 1.29 is 19.4 Å². The van der Waals surface area contributed by atoms with Crippen LogP contribution in [0.15, 0.2) is 12.1 Å². The number of carbonyl (C=O) groups is 2. The summed E-state index contributed by atoms with van der Waals surface area (Å²) in [6.07, 6.45) is 0. The molecule has 0 fully saturated rings. The summed E-state index contributed by atoms with van der Waals surface area (Å²) in [5, 5.41) is 11.7. The van der Waals surface area contributed by atoms with Crippen LogP contribution in [0.1, 0.15) is 10.4 Å². The predicted octanol–water partition coefficient (Wildman–Crippen LogP) is 0.536. The molecule has 0 aromatic heterocycles. The number of aromatic hydroxyl groups is 1. The van der Waals surface area contributed by atoms with Crippen molar-refractivity contribution in [3.05, 3.63) is 17.7 Å². The number of nitrogens with one attached hydrogen (secondary N) is 1. The lowest BCUT2D eigenvalue weighted by Gasteiger charge is -2.04. The van der Waals surface area contributed by atoms with Crippen LogP contribution in [0, 0.1) is 0 Å². The summed E-state index contributed by atoms with van der Waals surface area (Å²) >= 11 is 0. The van der Waals surface area contributed by atoms with Gasteiger partial charge in [-0.05, 0) is 6.07 Å². The number of hydrogen-bond donors (Lipinski definition) is 2. The number of rotatable bonds is 1. The van der Waals surface area contributed by atoms with E-state index in [2.05, 4.69) is 5.32 Å². The first-order valence-electron chi connectivity index (χ1n) is 3.90. The molecule has 2 N–H and O–H groups in total. The fraction of sp³-hybridized carbons (Fsp3) is 0.111. The highest BCUT2D eigenvalue weighted by Gasteiger charge is 2.29. The fourth-order valence-electron chi connectivity index (χ4n) is 1.32. The molecule has 5 nitrogen and oxygen atoms in total. The van der Waals surface area contributed by atoms with Crippen LogP contribution >= 0.6 is 0 Å². The van der Waals surface area contributed by atoms with Crippen LogP contribution in [0.3, 0.4) is 0 Å². The van der Waals surface area contributed by atoms with E-state index in [0.717, 1.165) is 0 Å². The summed E-state index contributed by atoms with van der Waals surface area (Å²) in [6, 6.07) is 2.63. The van der Waals surface area contributed by atoms with E-state index in [-0.39, 0.29) is 17.1 Å². The monoisotopic (exact) mass is 193 g/mol. The average Bonchev–Trinajstić information content (AvgIpc) is 2.41. The van der Waals surface area contributed by atoms with Crippen LogP contribution < -0.4 is 10.1 Å². The largest absolute Gasteiger partial charge is 0.504 e. The first kappa shape index (κ1) is 8.55. The molecule has 5 heteroatoms. The van der Waals surface area contributed by atoms with Crippen molar-refractivity contribution in [2.45, 2.75) is 0 Å². The van der Waals surface area contributed by atoms with Crippen molar-refractivity contribution in [1.82, 2.24) is 0 Å². The molecule has 0 saturated carbocycles. The third-order valence-electron chi connectivity index (χ3n) is 2.02. The fourth-order valence-corrected chi connectivity index (χ4v) is 1.32. The molecule has 1 aliphatic rings. The number of hydrogen-bond acceptors (Lipinski definition) is 4. The van der Waals surface area contributed by atoms with Crippen LogP contribution in [0.5, 0.6) is 11.5 Å². The number of phenols is 1. The number of anilines is 1. The molecule has 0 unspecified atom stereocenters. The predicted molar refractivity (Wildman–Crippen MR) is 47.6 cm³/mol. The second-order valence-corrected chi connectivity index (χ2v) is 2.85. The molecule has 0 spiro atoms. The Labute approximate surface area is 79.3 Å². The highest BCUT2D eigenvalue weighted by Crippen LogP contribution is 2.35. The summed E-state index contributed by atoms with van der Waals surface area (Å²) in [5.41, 5.74) is 0.544. The Morgan fingerprint density at radius 3 is 2.71 bits per heavy atom. The van der Waals surface area contributed by atoms with Gasteiger partial charge in [-0.3, -0.25) is 9.59 Å². The maximum Gasteiger partial charge on any atom is 0.296 e. The van der Waals surface area contributed by atoms with E-state index in [1.807, 2.05) is 0 Å².